The zero-order valence-corrected chi connectivity index (χ0v) is 15.5. The predicted molar refractivity (Wildman–Crippen MR) is 107 cm³/mol. The topological polar surface area (TPSA) is 81.1 Å². The lowest BCUT2D eigenvalue weighted by molar-refractivity contribution is -0.127. The molecular formula is C22H21N3O3. The smallest absolute Gasteiger partial charge is 0.267 e. The van der Waals surface area contributed by atoms with Crippen molar-refractivity contribution >= 4 is 11.7 Å². The average molecular weight is 375 g/mol. The van der Waals surface area contributed by atoms with Crippen molar-refractivity contribution in [1.82, 2.24) is 15.1 Å². The molecule has 0 aliphatic heterocycles. The number of hydrogen-bond donors (Lipinski definition) is 1. The summed E-state index contributed by atoms with van der Waals surface area (Å²) in [6, 6.07) is 21.2. The quantitative estimate of drug-likeness (QED) is 0.687. The lowest BCUT2D eigenvalue weighted by Gasteiger charge is -2.16. The van der Waals surface area contributed by atoms with Crippen LogP contribution in [0.4, 0.5) is 0 Å². The molecule has 1 aromatic heterocycles. The van der Waals surface area contributed by atoms with E-state index in [1.54, 1.807) is 6.07 Å². The van der Waals surface area contributed by atoms with E-state index < -0.39 is 11.9 Å². The van der Waals surface area contributed by atoms with Crippen LogP contribution in [0.15, 0.2) is 77.6 Å². The van der Waals surface area contributed by atoms with E-state index in [0.717, 1.165) is 15.8 Å². The van der Waals surface area contributed by atoms with Crippen molar-refractivity contribution in [3.05, 3.63) is 88.7 Å². The van der Waals surface area contributed by atoms with Crippen molar-refractivity contribution in [1.29, 1.82) is 0 Å². The molecule has 0 saturated heterocycles. The fraction of sp³-hybridized carbons (Fsp3) is 0.182. The summed E-state index contributed by atoms with van der Waals surface area (Å²) in [7, 11) is 0. The third kappa shape index (κ3) is 5.01. The van der Waals surface area contributed by atoms with Crippen LogP contribution < -0.4 is 10.9 Å². The molecule has 2 aromatic carbocycles. The van der Waals surface area contributed by atoms with Gasteiger partial charge in [0.2, 0.25) is 5.91 Å². The second-order valence-corrected chi connectivity index (χ2v) is 6.50. The van der Waals surface area contributed by atoms with E-state index in [1.165, 1.54) is 13.0 Å². The van der Waals surface area contributed by atoms with Crippen LogP contribution in [0.5, 0.6) is 0 Å². The maximum absolute atomic E-state index is 12.5. The molecule has 6 nitrogen and oxygen atoms in total. The minimum atomic E-state index is -0.650. The lowest BCUT2D eigenvalue weighted by atomic mass is 10.0. The summed E-state index contributed by atoms with van der Waals surface area (Å²) < 4.78 is 1.11. The van der Waals surface area contributed by atoms with Crippen LogP contribution in [0.3, 0.4) is 0 Å². The van der Waals surface area contributed by atoms with Gasteiger partial charge in [0.25, 0.3) is 5.56 Å². The van der Waals surface area contributed by atoms with Crippen molar-refractivity contribution in [2.24, 2.45) is 0 Å². The Morgan fingerprint density at radius 1 is 0.964 bits per heavy atom. The van der Waals surface area contributed by atoms with Gasteiger partial charge in [-0.3, -0.25) is 14.4 Å². The van der Waals surface area contributed by atoms with Crippen molar-refractivity contribution in [3.63, 3.8) is 0 Å². The summed E-state index contributed by atoms with van der Waals surface area (Å²) in [6.45, 7) is 1.19. The van der Waals surface area contributed by atoms with Gasteiger partial charge in [0, 0.05) is 11.6 Å². The summed E-state index contributed by atoms with van der Waals surface area (Å²) in [5.41, 5.74) is 2.02. The SMILES string of the molecule is CC(=O)[C@@H](Cc1ccccc1)NC(=O)Cn1nc(-c2ccccc2)ccc1=O. The van der Waals surface area contributed by atoms with Crippen LogP contribution in [-0.2, 0) is 22.6 Å². The molecule has 3 aromatic rings. The van der Waals surface area contributed by atoms with Crippen LogP contribution in [0.2, 0.25) is 0 Å². The Bertz CT molecular complexity index is 1010. The molecule has 0 aliphatic carbocycles. The van der Waals surface area contributed by atoms with E-state index in [2.05, 4.69) is 10.4 Å². The number of Topliss-reactive ketones (excluding diaryl/α,β-unsaturated/α-hetero) is 1. The molecule has 0 bridgehead atoms. The van der Waals surface area contributed by atoms with E-state index in [9.17, 15) is 14.4 Å². The number of nitrogens with zero attached hydrogens (tertiary/aromatic N) is 2. The first kappa shape index (κ1) is 19.2. The van der Waals surface area contributed by atoms with Crippen LogP contribution in [-0.4, -0.2) is 27.5 Å². The van der Waals surface area contributed by atoms with Crippen LogP contribution in [0.1, 0.15) is 12.5 Å². The van der Waals surface area contributed by atoms with Crippen molar-refractivity contribution in [2.75, 3.05) is 0 Å². The second-order valence-electron chi connectivity index (χ2n) is 6.50. The number of aromatic nitrogens is 2. The van der Waals surface area contributed by atoms with Crippen LogP contribution in [0, 0.1) is 0 Å². The summed E-state index contributed by atoms with van der Waals surface area (Å²) in [5.74, 6) is -0.577. The van der Waals surface area contributed by atoms with Gasteiger partial charge in [-0.2, -0.15) is 5.10 Å². The summed E-state index contributed by atoms with van der Waals surface area (Å²) in [5, 5.41) is 6.99. The standard InChI is InChI=1S/C22H21N3O3/c1-16(26)20(14-17-8-4-2-5-9-17)23-21(27)15-25-22(28)13-12-19(24-25)18-10-6-3-7-11-18/h2-13,20H,14-15H2,1H3,(H,23,27)/t20-/m1/s1. The van der Waals surface area contributed by atoms with Gasteiger partial charge in [0.05, 0.1) is 11.7 Å². The van der Waals surface area contributed by atoms with Gasteiger partial charge in [0.15, 0.2) is 5.78 Å². The first-order valence-electron chi connectivity index (χ1n) is 9.00. The first-order valence-corrected chi connectivity index (χ1v) is 9.00. The highest BCUT2D eigenvalue weighted by Crippen LogP contribution is 2.13. The third-order valence-corrected chi connectivity index (χ3v) is 4.34. The number of hydrogen-bond acceptors (Lipinski definition) is 4. The second kappa shape index (κ2) is 8.90. The zero-order valence-electron chi connectivity index (χ0n) is 15.5. The number of carbonyl (C=O) groups excluding carboxylic acids is 2. The van der Waals surface area contributed by atoms with Crippen molar-refractivity contribution < 1.29 is 9.59 Å². The zero-order chi connectivity index (χ0) is 19.9. The average Bonchev–Trinajstić information content (AvgIpc) is 2.70. The summed E-state index contributed by atoms with van der Waals surface area (Å²) in [6.07, 6.45) is 0.397. The molecule has 0 aliphatic rings. The van der Waals surface area contributed by atoms with E-state index >= 15 is 0 Å². The van der Waals surface area contributed by atoms with E-state index in [1.807, 2.05) is 60.7 Å². The molecule has 6 heteroatoms. The number of rotatable bonds is 7. The molecule has 1 heterocycles. The lowest BCUT2D eigenvalue weighted by Crippen LogP contribution is -2.44. The maximum Gasteiger partial charge on any atom is 0.267 e. The normalized spacial score (nSPS) is 11.6. The monoisotopic (exact) mass is 375 g/mol. The molecule has 1 N–H and O–H groups in total. The van der Waals surface area contributed by atoms with Gasteiger partial charge in [-0.05, 0) is 25.0 Å². The molecule has 0 fully saturated rings. The largest absolute Gasteiger partial charge is 0.344 e. The highest BCUT2D eigenvalue weighted by molar-refractivity contribution is 5.87. The minimum absolute atomic E-state index is 0.143. The Hall–Kier alpha value is -3.54. The predicted octanol–water partition coefficient (Wildman–Crippen LogP) is 2.23. The fourth-order valence-corrected chi connectivity index (χ4v) is 2.85. The van der Waals surface area contributed by atoms with Gasteiger partial charge >= 0.3 is 0 Å². The molecule has 1 atom stereocenters. The Kier molecular flexibility index (Phi) is 6.11. The third-order valence-electron chi connectivity index (χ3n) is 4.34. The molecule has 0 saturated carbocycles. The minimum Gasteiger partial charge on any atom is -0.344 e. The van der Waals surface area contributed by atoms with Gasteiger partial charge < -0.3 is 5.32 Å². The molecule has 142 valence electrons. The van der Waals surface area contributed by atoms with Crippen molar-refractivity contribution in [3.8, 4) is 11.3 Å². The Morgan fingerprint density at radius 2 is 1.61 bits per heavy atom. The summed E-state index contributed by atoms with van der Waals surface area (Å²) >= 11 is 0. The van der Waals surface area contributed by atoms with Gasteiger partial charge in [-0.1, -0.05) is 60.7 Å². The highest BCUT2D eigenvalue weighted by atomic mass is 16.2. The first-order chi connectivity index (χ1) is 13.5. The molecule has 0 unspecified atom stereocenters. The molecule has 3 rings (SSSR count). The Morgan fingerprint density at radius 3 is 2.25 bits per heavy atom. The Balaban J connectivity index is 1.73. The number of benzene rings is 2. The number of nitrogens with one attached hydrogen (secondary N) is 1. The number of ketones is 1. The van der Waals surface area contributed by atoms with E-state index in [-0.39, 0.29) is 17.9 Å². The molecule has 0 spiro atoms. The van der Waals surface area contributed by atoms with Gasteiger partial charge in [-0.15, -0.1) is 0 Å². The van der Waals surface area contributed by atoms with Gasteiger partial charge in [0.1, 0.15) is 6.54 Å². The van der Waals surface area contributed by atoms with Crippen LogP contribution >= 0.6 is 0 Å². The number of carbonyl (C=O) groups is 2. The fourth-order valence-electron chi connectivity index (χ4n) is 2.85. The Labute approximate surface area is 162 Å². The van der Waals surface area contributed by atoms with E-state index in [0.29, 0.717) is 12.1 Å². The summed E-state index contributed by atoms with van der Waals surface area (Å²) in [4.78, 5) is 36.5. The van der Waals surface area contributed by atoms with Crippen molar-refractivity contribution in [2.45, 2.75) is 25.9 Å². The highest BCUT2D eigenvalue weighted by Gasteiger charge is 2.18. The van der Waals surface area contributed by atoms with Crippen LogP contribution in [0.25, 0.3) is 11.3 Å². The molecule has 0 radical (unpaired) electrons. The maximum atomic E-state index is 12.5. The molecular weight excluding hydrogens is 354 g/mol. The van der Waals surface area contributed by atoms with Gasteiger partial charge in [-0.25, -0.2) is 4.68 Å². The van der Waals surface area contributed by atoms with E-state index in [4.69, 9.17) is 0 Å². The molecule has 1 amide bonds. The molecule has 28 heavy (non-hydrogen) atoms. The number of amides is 1.